The van der Waals surface area contributed by atoms with E-state index in [0.29, 0.717) is 0 Å². The maximum Gasteiger partial charge on any atom is 0.0988 e. The molecule has 1 unspecified atom stereocenters. The molecule has 1 fully saturated rings. The molecule has 2 heterocycles. The van der Waals surface area contributed by atoms with E-state index in [1.165, 1.54) is 5.69 Å². The third kappa shape index (κ3) is 2.76. The van der Waals surface area contributed by atoms with E-state index < -0.39 is 0 Å². The van der Waals surface area contributed by atoms with Gasteiger partial charge in [-0.15, -0.1) is 0 Å². The second-order valence-corrected chi connectivity index (χ2v) is 5.22. The highest BCUT2D eigenvalue weighted by atomic mass is 16.5. The highest BCUT2D eigenvalue weighted by Gasteiger charge is 2.33. The average molecular weight is 236 g/mol. The molecule has 0 saturated carbocycles. The van der Waals surface area contributed by atoms with Crippen molar-refractivity contribution < 1.29 is 9.84 Å². The minimum absolute atomic E-state index is 0.0596. The first-order chi connectivity index (χ1) is 8.02. The van der Waals surface area contributed by atoms with E-state index in [2.05, 4.69) is 30.7 Å². The normalized spacial score (nSPS) is 23.8. The lowest BCUT2D eigenvalue weighted by Crippen LogP contribution is -2.54. The number of pyridine rings is 1. The number of aryl methyl sites for hydroxylation is 1. The minimum atomic E-state index is -0.235. The van der Waals surface area contributed by atoms with Crippen molar-refractivity contribution in [1.82, 2.24) is 4.98 Å². The van der Waals surface area contributed by atoms with Crippen LogP contribution in [0.5, 0.6) is 0 Å². The Morgan fingerprint density at radius 2 is 2.35 bits per heavy atom. The molecular weight excluding hydrogens is 216 g/mol. The highest BCUT2D eigenvalue weighted by molar-refractivity contribution is 5.52. The SMILES string of the molecule is Cc1cnccc1N1CC(CO)OC(C)(C)C1. The van der Waals surface area contributed by atoms with Crippen LogP contribution in [-0.4, -0.2) is 41.5 Å². The lowest BCUT2D eigenvalue weighted by molar-refractivity contribution is -0.101. The molecule has 1 atom stereocenters. The first kappa shape index (κ1) is 12.3. The maximum absolute atomic E-state index is 9.29. The Balaban J connectivity index is 2.24. The molecule has 0 aliphatic carbocycles. The monoisotopic (exact) mass is 236 g/mol. The molecule has 0 aromatic carbocycles. The molecule has 0 radical (unpaired) electrons. The lowest BCUT2D eigenvalue weighted by Gasteiger charge is -2.43. The van der Waals surface area contributed by atoms with Crippen LogP contribution in [0.25, 0.3) is 0 Å². The van der Waals surface area contributed by atoms with Crippen LogP contribution in [-0.2, 0) is 4.74 Å². The Bertz CT molecular complexity index is 393. The summed E-state index contributed by atoms with van der Waals surface area (Å²) in [6, 6.07) is 2.02. The van der Waals surface area contributed by atoms with Crippen LogP contribution in [0.1, 0.15) is 19.4 Å². The molecule has 0 spiro atoms. The summed E-state index contributed by atoms with van der Waals surface area (Å²) in [7, 11) is 0. The molecule has 1 aromatic rings. The fourth-order valence-electron chi connectivity index (χ4n) is 2.40. The summed E-state index contributed by atoms with van der Waals surface area (Å²) in [5.74, 6) is 0. The maximum atomic E-state index is 9.29. The van der Waals surface area contributed by atoms with Crippen molar-refractivity contribution in [1.29, 1.82) is 0 Å². The molecule has 1 saturated heterocycles. The van der Waals surface area contributed by atoms with Gasteiger partial charge >= 0.3 is 0 Å². The molecule has 94 valence electrons. The van der Waals surface area contributed by atoms with Gasteiger partial charge in [0.1, 0.15) is 0 Å². The smallest absolute Gasteiger partial charge is 0.0988 e. The number of ether oxygens (including phenoxy) is 1. The highest BCUT2D eigenvalue weighted by Crippen LogP contribution is 2.27. The van der Waals surface area contributed by atoms with E-state index in [9.17, 15) is 5.11 Å². The molecule has 17 heavy (non-hydrogen) atoms. The van der Waals surface area contributed by atoms with E-state index in [1.807, 2.05) is 12.3 Å². The molecule has 1 aliphatic rings. The lowest BCUT2D eigenvalue weighted by atomic mass is 10.0. The van der Waals surface area contributed by atoms with E-state index in [0.717, 1.165) is 18.7 Å². The third-order valence-electron chi connectivity index (χ3n) is 3.02. The zero-order valence-corrected chi connectivity index (χ0v) is 10.7. The Hall–Kier alpha value is -1.13. The predicted octanol–water partition coefficient (Wildman–Crippen LogP) is 1.37. The van der Waals surface area contributed by atoms with E-state index in [-0.39, 0.29) is 18.3 Å². The van der Waals surface area contributed by atoms with Gasteiger partial charge in [0.25, 0.3) is 0 Å². The number of hydrogen-bond donors (Lipinski definition) is 1. The van der Waals surface area contributed by atoms with Crippen LogP contribution in [0, 0.1) is 6.92 Å². The van der Waals surface area contributed by atoms with Gasteiger partial charge in [-0.2, -0.15) is 0 Å². The van der Waals surface area contributed by atoms with Gasteiger partial charge in [0.05, 0.1) is 18.3 Å². The van der Waals surface area contributed by atoms with Gasteiger partial charge in [-0.05, 0) is 32.4 Å². The largest absolute Gasteiger partial charge is 0.394 e. The van der Waals surface area contributed by atoms with Crippen LogP contribution in [0.3, 0.4) is 0 Å². The molecule has 0 amide bonds. The summed E-state index contributed by atoms with van der Waals surface area (Å²) in [6.45, 7) is 7.78. The molecular formula is C13H20N2O2. The van der Waals surface area contributed by atoms with Crippen molar-refractivity contribution in [2.24, 2.45) is 0 Å². The van der Waals surface area contributed by atoms with Crippen molar-refractivity contribution in [3.8, 4) is 0 Å². The van der Waals surface area contributed by atoms with Crippen LogP contribution in [0.2, 0.25) is 0 Å². The molecule has 4 nitrogen and oxygen atoms in total. The van der Waals surface area contributed by atoms with Gasteiger partial charge < -0.3 is 14.7 Å². The number of aliphatic hydroxyl groups excluding tert-OH is 1. The Labute approximate surface area is 102 Å². The zero-order chi connectivity index (χ0) is 12.5. The molecule has 4 heteroatoms. The van der Waals surface area contributed by atoms with Gasteiger partial charge in [-0.3, -0.25) is 4.98 Å². The van der Waals surface area contributed by atoms with Gasteiger partial charge in [0, 0.05) is 31.2 Å². The number of aromatic nitrogens is 1. The standard InChI is InChI=1S/C13H20N2O2/c1-10-6-14-5-4-12(10)15-7-11(8-16)17-13(2,3)9-15/h4-6,11,16H,7-9H2,1-3H3. The fourth-order valence-corrected chi connectivity index (χ4v) is 2.40. The summed E-state index contributed by atoms with van der Waals surface area (Å²) in [6.07, 6.45) is 3.55. The molecule has 2 rings (SSSR count). The van der Waals surface area contributed by atoms with E-state index in [4.69, 9.17) is 4.74 Å². The number of rotatable bonds is 2. The predicted molar refractivity (Wildman–Crippen MR) is 67.2 cm³/mol. The first-order valence-electron chi connectivity index (χ1n) is 5.96. The molecule has 1 N–H and O–H groups in total. The van der Waals surface area contributed by atoms with Gasteiger partial charge in [0.15, 0.2) is 0 Å². The molecule has 0 bridgehead atoms. The number of aliphatic hydroxyl groups is 1. The van der Waals surface area contributed by atoms with Crippen molar-refractivity contribution in [3.63, 3.8) is 0 Å². The summed E-state index contributed by atoms with van der Waals surface area (Å²) >= 11 is 0. The number of hydrogen-bond acceptors (Lipinski definition) is 4. The second kappa shape index (κ2) is 4.63. The van der Waals surface area contributed by atoms with Crippen LogP contribution >= 0.6 is 0 Å². The Kier molecular flexibility index (Phi) is 3.35. The Morgan fingerprint density at radius 1 is 1.59 bits per heavy atom. The Morgan fingerprint density at radius 3 is 3.00 bits per heavy atom. The quantitative estimate of drug-likeness (QED) is 0.842. The second-order valence-electron chi connectivity index (χ2n) is 5.22. The number of anilines is 1. The zero-order valence-electron chi connectivity index (χ0n) is 10.7. The summed E-state index contributed by atoms with van der Waals surface area (Å²) in [4.78, 5) is 6.37. The van der Waals surface area contributed by atoms with E-state index in [1.54, 1.807) is 6.20 Å². The summed E-state index contributed by atoms with van der Waals surface area (Å²) < 4.78 is 5.81. The van der Waals surface area contributed by atoms with Crippen LogP contribution in [0.15, 0.2) is 18.5 Å². The molecule has 1 aliphatic heterocycles. The van der Waals surface area contributed by atoms with Crippen molar-refractivity contribution in [2.75, 3.05) is 24.6 Å². The average Bonchev–Trinajstić information content (AvgIpc) is 2.27. The number of morpholine rings is 1. The van der Waals surface area contributed by atoms with Gasteiger partial charge in [0.2, 0.25) is 0 Å². The van der Waals surface area contributed by atoms with Crippen LogP contribution < -0.4 is 4.90 Å². The van der Waals surface area contributed by atoms with Crippen molar-refractivity contribution in [2.45, 2.75) is 32.5 Å². The fraction of sp³-hybridized carbons (Fsp3) is 0.615. The minimum Gasteiger partial charge on any atom is -0.394 e. The van der Waals surface area contributed by atoms with Gasteiger partial charge in [-0.25, -0.2) is 0 Å². The summed E-state index contributed by atoms with van der Waals surface area (Å²) in [5, 5.41) is 9.29. The van der Waals surface area contributed by atoms with E-state index >= 15 is 0 Å². The van der Waals surface area contributed by atoms with Crippen molar-refractivity contribution >= 4 is 5.69 Å². The molecule has 1 aromatic heterocycles. The van der Waals surface area contributed by atoms with Crippen LogP contribution in [0.4, 0.5) is 5.69 Å². The topological polar surface area (TPSA) is 45.6 Å². The first-order valence-corrected chi connectivity index (χ1v) is 5.96. The van der Waals surface area contributed by atoms with Crippen molar-refractivity contribution in [3.05, 3.63) is 24.0 Å². The third-order valence-corrected chi connectivity index (χ3v) is 3.02. The van der Waals surface area contributed by atoms with Gasteiger partial charge in [-0.1, -0.05) is 0 Å². The summed E-state index contributed by atoms with van der Waals surface area (Å²) in [5.41, 5.74) is 2.10. The number of nitrogens with zero attached hydrogens (tertiary/aromatic N) is 2.